The van der Waals surface area contributed by atoms with E-state index in [0.29, 0.717) is 0 Å². The van der Waals surface area contributed by atoms with Crippen LogP contribution in [0.3, 0.4) is 0 Å². The second-order valence-electron chi connectivity index (χ2n) is 2.11. The molecule has 1 amide bonds. The van der Waals surface area contributed by atoms with Gasteiger partial charge in [-0.2, -0.15) is 13.2 Å². The zero-order valence-electron chi connectivity index (χ0n) is 5.44. The molecule has 1 aliphatic rings. The second kappa shape index (κ2) is 2.69. The van der Waals surface area contributed by atoms with Crippen LogP contribution in [0.4, 0.5) is 13.2 Å². The average molecular weight is 169 g/mol. The summed E-state index contributed by atoms with van der Waals surface area (Å²) in [5, 5.41) is 1.67. The van der Waals surface area contributed by atoms with Crippen molar-refractivity contribution in [2.75, 3.05) is 6.61 Å². The van der Waals surface area contributed by atoms with Gasteiger partial charge in [-0.25, -0.2) is 0 Å². The fourth-order valence-corrected chi connectivity index (χ4v) is 0.706. The maximum absolute atomic E-state index is 11.8. The Balaban J connectivity index is 2.53. The third-order valence-corrected chi connectivity index (χ3v) is 1.20. The summed E-state index contributed by atoms with van der Waals surface area (Å²) in [5.74, 6) is -0.626. The molecule has 0 spiro atoms. The van der Waals surface area contributed by atoms with Gasteiger partial charge in [-0.05, 0) is 0 Å². The molecule has 1 unspecified atom stereocenters. The Morgan fingerprint density at radius 1 is 1.55 bits per heavy atom. The lowest BCUT2D eigenvalue weighted by Crippen LogP contribution is -2.50. The van der Waals surface area contributed by atoms with E-state index in [2.05, 4.69) is 4.74 Å². The van der Waals surface area contributed by atoms with Crippen molar-refractivity contribution in [1.29, 1.82) is 0 Å². The largest absolute Gasteiger partial charge is 0.433 e. The predicted octanol–water partition coefficient (Wildman–Crippen LogP) is 0.411. The van der Waals surface area contributed by atoms with E-state index in [0.717, 1.165) is 0 Å². The number of rotatable bonds is 0. The summed E-state index contributed by atoms with van der Waals surface area (Å²) < 4.78 is 39.6. The molecule has 0 bridgehead atoms. The molecule has 1 atom stereocenters. The zero-order chi connectivity index (χ0) is 8.48. The maximum Gasteiger partial charge on any atom is 0.433 e. The molecule has 1 aliphatic heterocycles. The monoisotopic (exact) mass is 169 g/mol. The molecule has 11 heavy (non-hydrogen) atoms. The lowest BCUT2D eigenvalue weighted by molar-refractivity contribution is -0.236. The molecule has 6 heteroatoms. The molecular formula is C5H6F3NO2. The van der Waals surface area contributed by atoms with E-state index in [1.165, 1.54) is 0 Å². The van der Waals surface area contributed by atoms with Crippen LogP contribution in [0, 0.1) is 0 Å². The van der Waals surface area contributed by atoms with Crippen molar-refractivity contribution >= 4 is 5.91 Å². The fraction of sp³-hybridized carbons (Fsp3) is 0.800. The highest BCUT2D eigenvalue weighted by atomic mass is 19.4. The van der Waals surface area contributed by atoms with Crippen LogP contribution in [0.15, 0.2) is 0 Å². The Kier molecular flexibility index (Phi) is 2.03. The van der Waals surface area contributed by atoms with E-state index < -0.39 is 18.3 Å². The summed E-state index contributed by atoms with van der Waals surface area (Å²) >= 11 is 0. The van der Waals surface area contributed by atoms with Gasteiger partial charge in [0.25, 0.3) is 0 Å². The number of carbonyl (C=O) groups excluding carboxylic acids is 1. The van der Waals surface area contributed by atoms with Gasteiger partial charge in [0.2, 0.25) is 12.1 Å². The van der Waals surface area contributed by atoms with Crippen molar-refractivity contribution in [3.05, 3.63) is 0 Å². The minimum absolute atomic E-state index is 0.00736. The predicted molar refractivity (Wildman–Crippen MR) is 28.6 cm³/mol. The number of amides is 1. The van der Waals surface area contributed by atoms with Crippen LogP contribution < -0.4 is 5.32 Å². The molecule has 0 aromatic heterocycles. The highest BCUT2D eigenvalue weighted by Gasteiger charge is 2.43. The van der Waals surface area contributed by atoms with Crippen molar-refractivity contribution in [1.82, 2.24) is 5.32 Å². The van der Waals surface area contributed by atoms with Crippen LogP contribution >= 0.6 is 0 Å². The van der Waals surface area contributed by atoms with E-state index in [1.54, 1.807) is 5.32 Å². The van der Waals surface area contributed by atoms with Gasteiger partial charge in [0, 0.05) is 0 Å². The third-order valence-electron chi connectivity index (χ3n) is 1.20. The number of hydrogen-bond acceptors (Lipinski definition) is 2. The normalized spacial score (nSPS) is 26.5. The summed E-state index contributed by atoms with van der Waals surface area (Å²) in [4.78, 5) is 10.4. The first-order valence-corrected chi connectivity index (χ1v) is 2.98. The summed E-state index contributed by atoms with van der Waals surface area (Å²) in [6.07, 6.45) is -6.63. The Morgan fingerprint density at radius 3 is 2.55 bits per heavy atom. The number of halogens is 3. The van der Waals surface area contributed by atoms with E-state index in [1.807, 2.05) is 0 Å². The molecule has 0 saturated carbocycles. The first-order valence-electron chi connectivity index (χ1n) is 2.98. The molecule has 0 aromatic carbocycles. The zero-order valence-corrected chi connectivity index (χ0v) is 5.44. The van der Waals surface area contributed by atoms with Gasteiger partial charge in [0.05, 0.1) is 13.0 Å². The van der Waals surface area contributed by atoms with Gasteiger partial charge in [-0.3, -0.25) is 4.79 Å². The minimum Gasteiger partial charge on any atom is -0.349 e. The topological polar surface area (TPSA) is 38.3 Å². The van der Waals surface area contributed by atoms with Crippen molar-refractivity contribution in [2.24, 2.45) is 0 Å². The van der Waals surface area contributed by atoms with Crippen LogP contribution in [0.1, 0.15) is 6.42 Å². The Hall–Kier alpha value is -0.780. The fourth-order valence-electron chi connectivity index (χ4n) is 0.706. The number of ether oxygens (including phenoxy) is 1. The molecule has 3 nitrogen and oxygen atoms in total. The van der Waals surface area contributed by atoms with E-state index in [9.17, 15) is 18.0 Å². The van der Waals surface area contributed by atoms with Crippen LogP contribution in [-0.4, -0.2) is 24.9 Å². The van der Waals surface area contributed by atoms with Crippen LogP contribution in [-0.2, 0) is 9.53 Å². The van der Waals surface area contributed by atoms with Crippen molar-refractivity contribution in [3.8, 4) is 0 Å². The first-order chi connectivity index (χ1) is 5.00. The van der Waals surface area contributed by atoms with Gasteiger partial charge in [0.1, 0.15) is 0 Å². The molecule has 0 aromatic rings. The summed E-state index contributed by atoms with van der Waals surface area (Å²) in [6.45, 7) is -0.171. The molecule has 0 aliphatic carbocycles. The van der Waals surface area contributed by atoms with Gasteiger partial charge in [-0.15, -0.1) is 0 Å². The molecule has 1 saturated heterocycles. The van der Waals surface area contributed by atoms with Crippen LogP contribution in [0.2, 0.25) is 0 Å². The standard InChI is InChI=1S/C5H6F3NO2/c6-5(7,8)4-9-3(10)1-2-11-4/h4H,1-2H2,(H,9,10). The number of alkyl halides is 3. The number of carbonyl (C=O) groups is 1. The quantitative estimate of drug-likeness (QED) is 0.570. The Bertz CT molecular complexity index is 168. The number of nitrogens with one attached hydrogen (secondary N) is 1. The first kappa shape index (κ1) is 8.32. The van der Waals surface area contributed by atoms with Crippen molar-refractivity contribution in [2.45, 2.75) is 18.8 Å². The van der Waals surface area contributed by atoms with E-state index in [-0.39, 0.29) is 13.0 Å². The highest BCUT2D eigenvalue weighted by Crippen LogP contribution is 2.22. The van der Waals surface area contributed by atoms with Gasteiger partial charge in [-0.1, -0.05) is 0 Å². The molecule has 1 N–H and O–H groups in total. The highest BCUT2D eigenvalue weighted by molar-refractivity contribution is 5.76. The third kappa shape index (κ3) is 2.07. The van der Waals surface area contributed by atoms with Gasteiger partial charge in [0.15, 0.2) is 0 Å². The Labute approximate surface area is 60.5 Å². The molecule has 1 heterocycles. The molecule has 0 radical (unpaired) electrons. The average Bonchev–Trinajstić information content (AvgIpc) is 1.86. The maximum atomic E-state index is 11.8. The van der Waals surface area contributed by atoms with Crippen molar-refractivity contribution < 1.29 is 22.7 Å². The van der Waals surface area contributed by atoms with Gasteiger partial charge >= 0.3 is 6.18 Å². The van der Waals surface area contributed by atoms with E-state index in [4.69, 9.17) is 0 Å². The Morgan fingerprint density at radius 2 is 2.18 bits per heavy atom. The van der Waals surface area contributed by atoms with E-state index >= 15 is 0 Å². The smallest absolute Gasteiger partial charge is 0.349 e. The molecular weight excluding hydrogens is 163 g/mol. The minimum atomic E-state index is -4.50. The SMILES string of the molecule is O=C1CCOC(C(F)(F)F)N1. The summed E-state index contributed by atoms with van der Waals surface area (Å²) in [6, 6.07) is 0. The lowest BCUT2D eigenvalue weighted by Gasteiger charge is -2.25. The second-order valence-corrected chi connectivity index (χ2v) is 2.11. The lowest BCUT2D eigenvalue weighted by atomic mass is 10.3. The molecule has 1 rings (SSSR count). The summed E-state index contributed by atoms with van der Waals surface area (Å²) in [7, 11) is 0. The van der Waals surface area contributed by atoms with Crippen LogP contribution in [0.5, 0.6) is 0 Å². The summed E-state index contributed by atoms with van der Waals surface area (Å²) in [5.41, 5.74) is 0. The molecule has 1 fully saturated rings. The van der Waals surface area contributed by atoms with Crippen LogP contribution in [0.25, 0.3) is 0 Å². The number of hydrogen-bond donors (Lipinski definition) is 1. The van der Waals surface area contributed by atoms with Gasteiger partial charge < -0.3 is 10.1 Å². The molecule has 64 valence electrons. The van der Waals surface area contributed by atoms with Crippen molar-refractivity contribution in [3.63, 3.8) is 0 Å².